The summed E-state index contributed by atoms with van der Waals surface area (Å²) in [4.78, 5) is 76.9. The number of ether oxygens (including phenoxy) is 1. The molecule has 0 radical (unpaired) electrons. The van der Waals surface area contributed by atoms with Crippen molar-refractivity contribution >= 4 is 52.3 Å². The molecule has 3 amide bonds. The number of likely N-dealkylation sites (tertiary alicyclic amines) is 1. The highest BCUT2D eigenvalue weighted by molar-refractivity contribution is 7.10. The van der Waals surface area contributed by atoms with E-state index in [4.69, 9.17) is 4.74 Å². The number of aromatic nitrogens is 2. The number of nitrogens with one attached hydrogen (secondary N) is 2. The van der Waals surface area contributed by atoms with Crippen LogP contribution in [0.15, 0.2) is 10.8 Å². The third-order valence-corrected chi connectivity index (χ3v) is 12.2. The maximum Gasteiger partial charge on any atom is 0.434 e. The first-order valence-electron chi connectivity index (χ1n) is 18.9. The van der Waals surface area contributed by atoms with Crippen molar-refractivity contribution in [1.82, 2.24) is 30.4 Å². The lowest BCUT2D eigenvalue weighted by atomic mass is 9.95. The van der Waals surface area contributed by atoms with Crippen molar-refractivity contribution in [3.63, 3.8) is 0 Å². The second kappa shape index (κ2) is 19.5. The Morgan fingerprint density at radius 2 is 1.75 bits per heavy atom. The molecule has 2 aromatic rings. The van der Waals surface area contributed by atoms with Gasteiger partial charge in [0.25, 0.3) is 5.91 Å². The Morgan fingerprint density at radius 1 is 1.04 bits per heavy atom. The Kier molecular flexibility index (Phi) is 15.6. The Balaban J connectivity index is 1.47. The molecule has 3 heterocycles. The number of rotatable bonds is 19. The molecule has 1 saturated carbocycles. The molecular weight excluding hydrogens is 762 g/mol. The number of nitrogens with zero attached hydrogens (tertiary/aromatic N) is 4. The molecule has 55 heavy (non-hydrogen) atoms. The van der Waals surface area contributed by atoms with Crippen molar-refractivity contribution in [2.45, 2.75) is 129 Å². The van der Waals surface area contributed by atoms with E-state index >= 15 is 0 Å². The number of thiazole rings is 2. The molecule has 1 aliphatic heterocycles. The van der Waals surface area contributed by atoms with Gasteiger partial charge in [-0.15, -0.1) is 22.7 Å². The largest absolute Gasteiger partial charge is 0.481 e. The molecule has 1 saturated heterocycles. The molecule has 18 heteroatoms. The van der Waals surface area contributed by atoms with Gasteiger partial charge in [0.1, 0.15) is 16.7 Å². The third-order valence-electron chi connectivity index (χ3n) is 10.3. The summed E-state index contributed by atoms with van der Waals surface area (Å²) in [5, 5.41) is 18.3. The first-order valence-corrected chi connectivity index (χ1v) is 20.6. The number of carboxylic acids is 1. The van der Waals surface area contributed by atoms with Crippen LogP contribution in [0.25, 0.3) is 0 Å². The van der Waals surface area contributed by atoms with Gasteiger partial charge in [-0.3, -0.25) is 28.9 Å². The van der Waals surface area contributed by atoms with E-state index in [-0.39, 0.29) is 66.1 Å². The molecule has 4 rings (SSSR count). The van der Waals surface area contributed by atoms with E-state index in [1.165, 1.54) is 19.2 Å². The van der Waals surface area contributed by atoms with Crippen LogP contribution in [0.2, 0.25) is 0 Å². The highest BCUT2D eigenvalue weighted by atomic mass is 32.1. The number of alkyl halides is 3. The lowest BCUT2D eigenvalue weighted by molar-refractivity contribution is -0.149. The minimum Gasteiger partial charge on any atom is -0.481 e. The molecule has 2 aromatic heterocycles. The number of likely N-dealkylation sites (N-methyl/N-ethyl adjacent to an activating group) is 2. The molecule has 306 valence electrons. The van der Waals surface area contributed by atoms with Gasteiger partial charge in [-0.25, -0.2) is 9.97 Å². The minimum atomic E-state index is -4.59. The summed E-state index contributed by atoms with van der Waals surface area (Å²) in [6.45, 7) is 10.2. The van der Waals surface area contributed by atoms with Gasteiger partial charge in [0.2, 0.25) is 11.8 Å². The predicted molar refractivity (Wildman–Crippen MR) is 200 cm³/mol. The van der Waals surface area contributed by atoms with Crippen LogP contribution in [-0.2, 0) is 36.5 Å². The second-order valence-corrected chi connectivity index (χ2v) is 16.8. The highest BCUT2D eigenvalue weighted by Crippen LogP contribution is 2.36. The van der Waals surface area contributed by atoms with Crippen LogP contribution in [0, 0.1) is 17.8 Å². The number of esters is 1. The number of carbonyl (C=O) groups excluding carboxylic acids is 4. The van der Waals surface area contributed by atoms with Gasteiger partial charge in [-0.2, -0.15) is 13.2 Å². The van der Waals surface area contributed by atoms with Gasteiger partial charge in [-0.05, 0) is 63.5 Å². The molecular formula is C37H53F3N6O7S2. The molecule has 0 unspecified atom stereocenters. The molecule has 0 bridgehead atoms. The fourth-order valence-corrected chi connectivity index (χ4v) is 8.70. The number of hydrogen-bond acceptors (Lipinski definition) is 11. The summed E-state index contributed by atoms with van der Waals surface area (Å²) in [7, 11) is 1.69. The smallest absolute Gasteiger partial charge is 0.434 e. The van der Waals surface area contributed by atoms with Gasteiger partial charge in [-0.1, -0.05) is 34.1 Å². The fourth-order valence-electron chi connectivity index (χ4n) is 7.04. The van der Waals surface area contributed by atoms with E-state index in [1.54, 1.807) is 11.9 Å². The number of carboxylic acid groups (broad SMARTS) is 1. The van der Waals surface area contributed by atoms with Crippen molar-refractivity contribution in [1.29, 1.82) is 0 Å². The van der Waals surface area contributed by atoms with Crippen molar-refractivity contribution < 1.29 is 47.0 Å². The van der Waals surface area contributed by atoms with Crippen molar-refractivity contribution in [2.24, 2.45) is 17.8 Å². The normalized spacial score (nSPS) is 19.2. The lowest BCUT2D eigenvalue weighted by Crippen LogP contribution is -2.57. The topological polar surface area (TPSA) is 171 Å². The number of carbonyl (C=O) groups is 5. The Bertz CT molecular complexity index is 1650. The molecule has 1 aliphatic carbocycles. The van der Waals surface area contributed by atoms with Crippen LogP contribution in [0.1, 0.15) is 118 Å². The Morgan fingerprint density at radius 3 is 2.33 bits per heavy atom. The summed E-state index contributed by atoms with van der Waals surface area (Å²) < 4.78 is 44.9. The number of hydrogen-bond donors (Lipinski definition) is 3. The van der Waals surface area contributed by atoms with Crippen LogP contribution in [0.5, 0.6) is 0 Å². The van der Waals surface area contributed by atoms with Gasteiger partial charge in [0.05, 0.1) is 17.0 Å². The molecule has 3 N–H and O–H groups in total. The minimum absolute atomic E-state index is 0.00962. The maximum atomic E-state index is 14.1. The number of amides is 3. The summed E-state index contributed by atoms with van der Waals surface area (Å²) in [5.74, 6) is -3.57. The second-order valence-electron chi connectivity index (χ2n) is 14.9. The number of halogens is 3. The van der Waals surface area contributed by atoms with Gasteiger partial charge >= 0.3 is 18.1 Å². The van der Waals surface area contributed by atoms with Gasteiger partial charge in [0, 0.05) is 49.7 Å². The van der Waals surface area contributed by atoms with E-state index in [9.17, 15) is 42.3 Å². The summed E-state index contributed by atoms with van der Waals surface area (Å²) in [6, 6.07) is -2.12. The molecule has 6 atom stereocenters. The maximum absolute atomic E-state index is 14.1. The standard InChI is InChI=1S/C37H53F3N6O7S2/c1-7-46-15-9-8-10-26(46)33(49)44-31(23-11-12-23)35(50)45(6)27(20(2)3)17-28(53-22(5)47)34-42-25(18-55-34)32(48)41-24(16-21(4)36(51)52)13-14-30-43-29(19-54-30)37(38,39)40/h18-21,23-24,26-28,31H,7-17H2,1-6H3,(H,41,48)(H,44,49)(H,51,52)/t21-,24-,26+,27+,28+,31-/m0/s1. The molecule has 2 aliphatic rings. The molecule has 0 aromatic carbocycles. The number of piperidine rings is 1. The number of aliphatic carboxylic acids is 1. The quantitative estimate of drug-likeness (QED) is 0.149. The monoisotopic (exact) mass is 814 g/mol. The zero-order chi connectivity index (χ0) is 40.6. The van der Waals surface area contributed by atoms with Crippen LogP contribution < -0.4 is 10.6 Å². The summed E-state index contributed by atoms with van der Waals surface area (Å²) >= 11 is 1.93. The molecule has 13 nitrogen and oxygen atoms in total. The fraction of sp³-hybridized carbons (Fsp3) is 0.703. The van der Waals surface area contributed by atoms with E-state index in [1.807, 2.05) is 20.8 Å². The van der Waals surface area contributed by atoms with E-state index in [2.05, 4.69) is 25.5 Å². The van der Waals surface area contributed by atoms with Crippen LogP contribution >= 0.6 is 22.7 Å². The number of aryl methyl sites for hydroxylation is 1. The van der Waals surface area contributed by atoms with Crippen molar-refractivity contribution in [3.8, 4) is 0 Å². The third kappa shape index (κ3) is 12.4. The predicted octanol–water partition coefficient (Wildman–Crippen LogP) is 5.71. The van der Waals surface area contributed by atoms with Crippen LogP contribution in [0.3, 0.4) is 0 Å². The highest BCUT2D eigenvalue weighted by Gasteiger charge is 2.43. The molecule has 0 spiro atoms. The van der Waals surface area contributed by atoms with E-state index in [0.717, 1.165) is 73.2 Å². The first kappa shape index (κ1) is 44.1. The Labute approximate surface area is 327 Å². The van der Waals surface area contributed by atoms with Crippen molar-refractivity contribution in [3.05, 3.63) is 32.2 Å². The van der Waals surface area contributed by atoms with E-state index in [0.29, 0.717) is 5.01 Å². The van der Waals surface area contributed by atoms with Crippen LogP contribution in [0.4, 0.5) is 13.2 Å². The zero-order valence-corrected chi connectivity index (χ0v) is 33.8. The van der Waals surface area contributed by atoms with Gasteiger partial charge in [0.15, 0.2) is 11.8 Å². The Hall–Kier alpha value is -3.64. The zero-order valence-electron chi connectivity index (χ0n) is 32.2. The first-order chi connectivity index (χ1) is 25.9. The average molecular weight is 815 g/mol. The summed E-state index contributed by atoms with van der Waals surface area (Å²) in [6.07, 6.45) is -0.707. The van der Waals surface area contributed by atoms with E-state index < -0.39 is 59.9 Å². The van der Waals surface area contributed by atoms with Crippen LogP contribution in [-0.4, -0.2) is 98.8 Å². The SMILES string of the molecule is CCN1CCCC[C@@H]1C(=O)N[C@H](C(=O)N(C)[C@H](C[C@@H](OC(C)=O)c1nc(C(=O)N[C@@H](CCc2nc(C(F)(F)F)cs2)C[C@H](C)C(=O)O)cs1)C(C)C)C1CC1. The van der Waals surface area contributed by atoms with Crippen molar-refractivity contribution in [2.75, 3.05) is 20.1 Å². The average Bonchev–Trinajstić information content (AvgIpc) is 3.62. The molecule has 2 fully saturated rings. The summed E-state index contributed by atoms with van der Waals surface area (Å²) in [5.41, 5.74) is -1.02. The van der Waals surface area contributed by atoms with Gasteiger partial charge < -0.3 is 25.4 Å². The lowest BCUT2D eigenvalue weighted by Gasteiger charge is -2.37.